The summed E-state index contributed by atoms with van der Waals surface area (Å²) in [5.74, 6) is -0.608. The molecule has 0 saturated carbocycles. The van der Waals surface area contributed by atoms with E-state index < -0.39 is 0 Å². The summed E-state index contributed by atoms with van der Waals surface area (Å²) in [5, 5.41) is 5.01. The lowest BCUT2D eigenvalue weighted by atomic mass is 10.0. The van der Waals surface area contributed by atoms with Crippen molar-refractivity contribution in [1.29, 1.82) is 0 Å². The van der Waals surface area contributed by atoms with Gasteiger partial charge in [-0.15, -0.1) is 0 Å². The molecule has 0 fully saturated rings. The van der Waals surface area contributed by atoms with Crippen molar-refractivity contribution in [1.82, 2.24) is 0 Å². The van der Waals surface area contributed by atoms with E-state index in [4.69, 9.17) is 4.74 Å². The number of carbonyl (C=O) groups is 2. The van der Waals surface area contributed by atoms with Crippen LogP contribution in [0.15, 0.2) is 72.8 Å². The van der Waals surface area contributed by atoms with Crippen LogP contribution in [-0.2, 0) is 9.53 Å². The highest BCUT2D eigenvalue weighted by Gasteiger charge is 2.06. The summed E-state index contributed by atoms with van der Waals surface area (Å²) in [6, 6.07) is 20.6. The summed E-state index contributed by atoms with van der Waals surface area (Å²) in [6.45, 7) is 2.09. The van der Waals surface area contributed by atoms with Gasteiger partial charge in [0.15, 0.2) is 0 Å². The lowest BCUT2D eigenvalue weighted by molar-refractivity contribution is -0.111. The molecule has 0 unspecified atom stereocenters. The van der Waals surface area contributed by atoms with Crippen molar-refractivity contribution in [2.24, 2.45) is 0 Å². The molecule has 1 N–H and O–H groups in total. The Balaban J connectivity index is 1.68. The maximum Gasteiger partial charge on any atom is 0.338 e. The van der Waals surface area contributed by atoms with E-state index in [0.717, 1.165) is 16.3 Å². The molecule has 0 atom stereocenters. The number of hydrogen-bond acceptors (Lipinski definition) is 3. The number of benzene rings is 3. The molecule has 0 aromatic heterocycles. The highest BCUT2D eigenvalue weighted by Crippen LogP contribution is 2.19. The normalized spacial score (nSPS) is 10.8. The van der Waals surface area contributed by atoms with Crippen molar-refractivity contribution in [2.75, 3.05) is 11.9 Å². The largest absolute Gasteiger partial charge is 0.462 e. The van der Waals surface area contributed by atoms with Crippen LogP contribution in [0, 0.1) is 0 Å². The molecule has 0 heterocycles. The number of amides is 1. The molecule has 0 saturated heterocycles. The summed E-state index contributed by atoms with van der Waals surface area (Å²) in [4.78, 5) is 23.8. The van der Waals surface area contributed by atoms with Gasteiger partial charge in [-0.25, -0.2) is 4.79 Å². The fourth-order valence-corrected chi connectivity index (χ4v) is 2.65. The zero-order valence-corrected chi connectivity index (χ0v) is 14.4. The number of fused-ring (bicyclic) bond motifs is 1. The first-order valence-electron chi connectivity index (χ1n) is 8.41. The lowest BCUT2D eigenvalue weighted by Gasteiger charge is -2.05. The summed E-state index contributed by atoms with van der Waals surface area (Å²) >= 11 is 0. The van der Waals surface area contributed by atoms with Gasteiger partial charge in [-0.3, -0.25) is 4.79 Å². The van der Waals surface area contributed by atoms with Crippen LogP contribution < -0.4 is 5.32 Å². The predicted octanol–water partition coefficient (Wildman–Crippen LogP) is 4.67. The van der Waals surface area contributed by atoms with Crippen molar-refractivity contribution < 1.29 is 14.3 Å². The Bertz CT molecular complexity index is 953. The first kappa shape index (κ1) is 17.4. The molecule has 0 radical (unpaired) electrons. The average Bonchev–Trinajstić information content (AvgIpc) is 2.67. The van der Waals surface area contributed by atoms with Crippen LogP contribution in [0.2, 0.25) is 0 Å². The molecule has 3 rings (SSSR count). The van der Waals surface area contributed by atoms with E-state index in [-0.39, 0.29) is 11.9 Å². The Morgan fingerprint density at radius 3 is 2.46 bits per heavy atom. The summed E-state index contributed by atoms with van der Waals surface area (Å²) < 4.78 is 4.93. The second-order valence-corrected chi connectivity index (χ2v) is 5.69. The molecule has 0 spiro atoms. The van der Waals surface area contributed by atoms with Gasteiger partial charge in [0.2, 0.25) is 5.91 Å². The molecule has 0 aliphatic heterocycles. The zero-order chi connectivity index (χ0) is 18.4. The first-order valence-corrected chi connectivity index (χ1v) is 8.41. The fraction of sp³-hybridized carbons (Fsp3) is 0.0909. The Hall–Kier alpha value is -3.40. The number of ether oxygens (including phenoxy) is 1. The molecule has 3 aromatic carbocycles. The Kier molecular flexibility index (Phi) is 5.44. The Labute approximate surface area is 152 Å². The van der Waals surface area contributed by atoms with Crippen molar-refractivity contribution >= 4 is 34.4 Å². The summed E-state index contributed by atoms with van der Waals surface area (Å²) in [5.41, 5.74) is 2.05. The van der Waals surface area contributed by atoms with Gasteiger partial charge < -0.3 is 10.1 Å². The van der Waals surface area contributed by atoms with E-state index in [9.17, 15) is 9.59 Å². The van der Waals surface area contributed by atoms with Gasteiger partial charge in [-0.2, -0.15) is 0 Å². The highest BCUT2D eigenvalue weighted by molar-refractivity contribution is 6.03. The first-order chi connectivity index (χ1) is 12.7. The van der Waals surface area contributed by atoms with Gasteiger partial charge in [0.25, 0.3) is 0 Å². The number of anilines is 1. The van der Waals surface area contributed by atoms with E-state index in [1.807, 2.05) is 42.5 Å². The van der Waals surface area contributed by atoms with Gasteiger partial charge in [0.05, 0.1) is 12.2 Å². The highest BCUT2D eigenvalue weighted by atomic mass is 16.5. The number of nitrogens with one attached hydrogen (secondary N) is 1. The maximum atomic E-state index is 12.2. The second-order valence-electron chi connectivity index (χ2n) is 5.69. The predicted molar refractivity (Wildman–Crippen MR) is 104 cm³/mol. The Morgan fingerprint density at radius 2 is 1.69 bits per heavy atom. The van der Waals surface area contributed by atoms with Gasteiger partial charge in [0.1, 0.15) is 0 Å². The van der Waals surface area contributed by atoms with Gasteiger partial charge in [-0.1, -0.05) is 42.5 Å². The topological polar surface area (TPSA) is 55.4 Å². The maximum absolute atomic E-state index is 12.2. The third-order valence-corrected chi connectivity index (χ3v) is 3.90. The molecular weight excluding hydrogens is 326 g/mol. The van der Waals surface area contributed by atoms with Gasteiger partial charge in [-0.05, 0) is 53.6 Å². The van der Waals surface area contributed by atoms with Gasteiger partial charge in [0, 0.05) is 11.8 Å². The van der Waals surface area contributed by atoms with Crippen LogP contribution in [0.5, 0.6) is 0 Å². The van der Waals surface area contributed by atoms with Crippen LogP contribution in [0.3, 0.4) is 0 Å². The summed E-state index contributed by atoms with van der Waals surface area (Å²) in [7, 11) is 0. The van der Waals surface area contributed by atoms with Crippen molar-refractivity contribution in [3.8, 4) is 0 Å². The minimum absolute atomic E-state index is 0.234. The molecule has 4 heteroatoms. The number of rotatable bonds is 5. The number of hydrogen-bond donors (Lipinski definition) is 1. The number of carbonyl (C=O) groups excluding carboxylic acids is 2. The van der Waals surface area contributed by atoms with E-state index in [2.05, 4.69) is 5.32 Å². The number of esters is 1. The van der Waals surface area contributed by atoms with Crippen molar-refractivity contribution in [3.05, 3.63) is 83.9 Å². The minimum atomic E-state index is -0.374. The van der Waals surface area contributed by atoms with Crippen LogP contribution >= 0.6 is 0 Å². The Morgan fingerprint density at radius 1 is 0.962 bits per heavy atom. The quantitative estimate of drug-likeness (QED) is 0.540. The molecule has 26 heavy (non-hydrogen) atoms. The second kappa shape index (κ2) is 8.12. The van der Waals surface area contributed by atoms with E-state index in [1.54, 1.807) is 37.3 Å². The molecule has 1 amide bonds. The van der Waals surface area contributed by atoms with E-state index in [0.29, 0.717) is 17.9 Å². The third-order valence-electron chi connectivity index (χ3n) is 3.90. The fourth-order valence-electron chi connectivity index (χ4n) is 2.65. The average molecular weight is 345 g/mol. The minimum Gasteiger partial charge on any atom is -0.462 e. The van der Waals surface area contributed by atoms with E-state index >= 15 is 0 Å². The molecule has 4 nitrogen and oxygen atoms in total. The van der Waals surface area contributed by atoms with Crippen LogP contribution in [-0.4, -0.2) is 18.5 Å². The van der Waals surface area contributed by atoms with Gasteiger partial charge >= 0.3 is 5.97 Å². The van der Waals surface area contributed by atoms with Crippen molar-refractivity contribution in [3.63, 3.8) is 0 Å². The van der Waals surface area contributed by atoms with Crippen LogP contribution in [0.25, 0.3) is 16.8 Å². The molecular formula is C22H19NO3. The van der Waals surface area contributed by atoms with Crippen LogP contribution in [0.1, 0.15) is 22.8 Å². The SMILES string of the molecule is CCOC(=O)c1ccc(NC(=O)/C=C/c2cccc3ccccc23)cc1. The van der Waals surface area contributed by atoms with Crippen molar-refractivity contribution in [2.45, 2.75) is 6.92 Å². The van der Waals surface area contributed by atoms with Crippen LogP contribution in [0.4, 0.5) is 5.69 Å². The summed E-state index contributed by atoms with van der Waals surface area (Å²) in [6.07, 6.45) is 3.30. The molecule has 3 aromatic rings. The zero-order valence-electron chi connectivity index (χ0n) is 14.4. The molecule has 0 bridgehead atoms. The standard InChI is InChI=1S/C22H19NO3/c1-2-26-22(25)18-10-13-19(14-11-18)23-21(24)15-12-17-8-5-7-16-6-3-4-9-20(16)17/h3-15H,2H2,1H3,(H,23,24)/b15-12+. The molecule has 0 aliphatic carbocycles. The third kappa shape index (κ3) is 4.16. The lowest BCUT2D eigenvalue weighted by Crippen LogP contribution is -2.08. The molecule has 130 valence electrons. The smallest absolute Gasteiger partial charge is 0.338 e. The van der Waals surface area contributed by atoms with E-state index in [1.165, 1.54) is 6.08 Å². The monoisotopic (exact) mass is 345 g/mol. The molecule has 0 aliphatic rings.